The number of imidazole rings is 1. The van der Waals surface area contributed by atoms with Crippen LogP contribution in [0.4, 0.5) is 10.2 Å². The average molecular weight is 467 g/mol. The highest BCUT2D eigenvalue weighted by Gasteiger charge is 2.15. The maximum absolute atomic E-state index is 13.5. The number of thioether (sulfide) groups is 1. The van der Waals surface area contributed by atoms with Crippen LogP contribution >= 0.6 is 11.8 Å². The first kappa shape index (κ1) is 21.9. The molecule has 5 rings (SSSR count). The van der Waals surface area contributed by atoms with Gasteiger partial charge in [0.1, 0.15) is 11.6 Å². The summed E-state index contributed by atoms with van der Waals surface area (Å²) < 4.78 is 13.5. The zero-order valence-corrected chi connectivity index (χ0v) is 19.4. The summed E-state index contributed by atoms with van der Waals surface area (Å²) in [5.41, 5.74) is 7.06. The molecular formula is C28H23FN4S. The number of aromatic nitrogens is 3. The lowest BCUT2D eigenvalue weighted by Crippen LogP contribution is -2.03. The van der Waals surface area contributed by atoms with E-state index in [-0.39, 0.29) is 5.82 Å². The number of nitrogens with zero attached hydrogens (tertiary/aromatic N) is 2. The standard InChI is InChI=1S/C28H23FN4S/c1-34-28-32-26(20-11-13-23(29)14-12-20)27(33-28)21-15-16-30-25(17-21)31-18-22-9-5-6-10-24(22)19-7-3-2-4-8-19/h2-17H,18H2,1H3,(H,30,31)(H,32,33). The number of anilines is 1. The highest BCUT2D eigenvalue weighted by atomic mass is 32.2. The molecule has 4 nitrogen and oxygen atoms in total. The van der Waals surface area contributed by atoms with Crippen LogP contribution in [0.1, 0.15) is 5.56 Å². The van der Waals surface area contributed by atoms with Gasteiger partial charge in [0.05, 0.1) is 11.4 Å². The summed E-state index contributed by atoms with van der Waals surface area (Å²) in [7, 11) is 0. The second kappa shape index (κ2) is 9.93. The molecule has 2 aromatic heterocycles. The Morgan fingerprint density at radius 3 is 2.41 bits per heavy atom. The van der Waals surface area contributed by atoms with Crippen molar-refractivity contribution >= 4 is 17.6 Å². The van der Waals surface area contributed by atoms with Crippen LogP contribution in [0, 0.1) is 5.82 Å². The van der Waals surface area contributed by atoms with Gasteiger partial charge < -0.3 is 10.3 Å². The fourth-order valence-electron chi connectivity index (χ4n) is 3.92. The van der Waals surface area contributed by atoms with Crippen LogP contribution in [-0.4, -0.2) is 21.2 Å². The van der Waals surface area contributed by atoms with Crippen molar-refractivity contribution in [1.29, 1.82) is 0 Å². The van der Waals surface area contributed by atoms with Crippen LogP contribution in [0.2, 0.25) is 0 Å². The molecule has 2 N–H and O–H groups in total. The third-order valence-electron chi connectivity index (χ3n) is 5.60. The predicted octanol–water partition coefficient (Wildman–Crippen LogP) is 7.28. The zero-order chi connectivity index (χ0) is 23.3. The van der Waals surface area contributed by atoms with E-state index < -0.39 is 0 Å². The van der Waals surface area contributed by atoms with Crippen molar-refractivity contribution in [2.75, 3.05) is 11.6 Å². The first-order chi connectivity index (χ1) is 16.7. The number of benzene rings is 3. The number of hydrogen-bond donors (Lipinski definition) is 2. The van der Waals surface area contributed by atoms with Crippen LogP contribution < -0.4 is 5.32 Å². The quantitative estimate of drug-likeness (QED) is 0.248. The minimum absolute atomic E-state index is 0.263. The van der Waals surface area contributed by atoms with E-state index in [0.29, 0.717) is 6.54 Å². The van der Waals surface area contributed by atoms with Crippen LogP contribution in [0.25, 0.3) is 33.6 Å². The van der Waals surface area contributed by atoms with Crippen LogP contribution in [-0.2, 0) is 6.54 Å². The Labute approximate surface area is 202 Å². The molecule has 0 spiro atoms. The number of pyridine rings is 1. The van der Waals surface area contributed by atoms with Crippen molar-refractivity contribution in [3.63, 3.8) is 0 Å². The molecule has 34 heavy (non-hydrogen) atoms. The van der Waals surface area contributed by atoms with E-state index in [1.165, 1.54) is 40.6 Å². The Bertz CT molecular complexity index is 1400. The molecule has 0 atom stereocenters. The molecule has 0 saturated carbocycles. The predicted molar refractivity (Wildman–Crippen MR) is 138 cm³/mol. The lowest BCUT2D eigenvalue weighted by Gasteiger charge is -2.12. The fourth-order valence-corrected chi connectivity index (χ4v) is 4.30. The topological polar surface area (TPSA) is 53.6 Å². The molecule has 168 valence electrons. The highest BCUT2D eigenvalue weighted by molar-refractivity contribution is 7.98. The van der Waals surface area contributed by atoms with Gasteiger partial charge in [0, 0.05) is 23.9 Å². The average Bonchev–Trinajstić information content (AvgIpc) is 3.33. The number of hydrogen-bond acceptors (Lipinski definition) is 4. The molecule has 0 saturated heterocycles. The number of H-pyrrole nitrogens is 1. The highest BCUT2D eigenvalue weighted by Crippen LogP contribution is 2.33. The van der Waals surface area contributed by atoms with Gasteiger partial charge in [-0.1, -0.05) is 66.4 Å². The first-order valence-corrected chi connectivity index (χ1v) is 12.2. The molecular weight excluding hydrogens is 443 g/mol. The Morgan fingerprint density at radius 1 is 0.853 bits per heavy atom. The molecule has 6 heteroatoms. The largest absolute Gasteiger partial charge is 0.366 e. The SMILES string of the molecule is CSc1nc(-c2ccnc(NCc3ccccc3-c3ccccc3)c2)c(-c2ccc(F)cc2)[nH]1. The van der Waals surface area contributed by atoms with E-state index in [4.69, 9.17) is 4.98 Å². The number of rotatable bonds is 7. The van der Waals surface area contributed by atoms with Crippen molar-refractivity contribution in [2.24, 2.45) is 0 Å². The molecule has 5 aromatic rings. The van der Waals surface area contributed by atoms with Gasteiger partial charge in [0.15, 0.2) is 5.16 Å². The fraction of sp³-hybridized carbons (Fsp3) is 0.0714. The lowest BCUT2D eigenvalue weighted by molar-refractivity contribution is 0.628. The minimum atomic E-state index is -0.263. The number of aromatic amines is 1. The Kier molecular flexibility index (Phi) is 6.40. The van der Waals surface area contributed by atoms with E-state index in [0.717, 1.165) is 33.5 Å². The second-order valence-electron chi connectivity index (χ2n) is 7.78. The van der Waals surface area contributed by atoms with Crippen molar-refractivity contribution in [3.8, 4) is 33.6 Å². The van der Waals surface area contributed by atoms with Crippen LogP contribution in [0.15, 0.2) is 102 Å². The monoisotopic (exact) mass is 466 g/mol. The van der Waals surface area contributed by atoms with E-state index >= 15 is 0 Å². The Hall–Kier alpha value is -3.90. The van der Waals surface area contributed by atoms with Gasteiger partial charge >= 0.3 is 0 Å². The number of nitrogens with one attached hydrogen (secondary N) is 2. The molecule has 0 radical (unpaired) electrons. The summed E-state index contributed by atoms with van der Waals surface area (Å²) in [5, 5.41) is 4.27. The van der Waals surface area contributed by atoms with Gasteiger partial charge in [-0.05, 0) is 59.3 Å². The van der Waals surface area contributed by atoms with E-state index in [9.17, 15) is 4.39 Å². The maximum Gasteiger partial charge on any atom is 0.166 e. The van der Waals surface area contributed by atoms with Crippen LogP contribution in [0.5, 0.6) is 0 Å². The van der Waals surface area contributed by atoms with Crippen molar-refractivity contribution in [1.82, 2.24) is 15.0 Å². The van der Waals surface area contributed by atoms with Crippen molar-refractivity contribution in [2.45, 2.75) is 11.7 Å². The minimum Gasteiger partial charge on any atom is -0.366 e. The van der Waals surface area contributed by atoms with Crippen molar-refractivity contribution < 1.29 is 4.39 Å². The van der Waals surface area contributed by atoms with Gasteiger partial charge in [0.2, 0.25) is 0 Å². The molecule has 0 aliphatic carbocycles. The van der Waals surface area contributed by atoms with E-state index in [2.05, 4.69) is 63.8 Å². The lowest BCUT2D eigenvalue weighted by atomic mass is 10.00. The summed E-state index contributed by atoms with van der Waals surface area (Å²) in [4.78, 5) is 12.6. The normalized spacial score (nSPS) is 10.9. The van der Waals surface area contributed by atoms with Crippen molar-refractivity contribution in [3.05, 3.63) is 109 Å². The Balaban J connectivity index is 1.43. The molecule has 0 unspecified atom stereocenters. The van der Waals surface area contributed by atoms with E-state index in [1.54, 1.807) is 18.3 Å². The Morgan fingerprint density at radius 2 is 1.62 bits per heavy atom. The summed E-state index contributed by atoms with van der Waals surface area (Å²) in [6.45, 7) is 0.642. The smallest absolute Gasteiger partial charge is 0.166 e. The summed E-state index contributed by atoms with van der Waals surface area (Å²) in [6, 6.07) is 29.1. The third kappa shape index (κ3) is 4.72. The van der Waals surface area contributed by atoms with Gasteiger partial charge in [-0.3, -0.25) is 0 Å². The number of halogens is 1. The summed E-state index contributed by atoms with van der Waals surface area (Å²) in [5.74, 6) is 0.500. The maximum atomic E-state index is 13.5. The molecule has 0 aliphatic heterocycles. The molecule has 0 bridgehead atoms. The summed E-state index contributed by atoms with van der Waals surface area (Å²) >= 11 is 1.54. The molecule has 0 amide bonds. The van der Waals surface area contributed by atoms with Crippen LogP contribution in [0.3, 0.4) is 0 Å². The van der Waals surface area contributed by atoms with E-state index in [1.807, 2.05) is 24.5 Å². The zero-order valence-electron chi connectivity index (χ0n) is 18.6. The molecule has 3 aromatic carbocycles. The second-order valence-corrected chi connectivity index (χ2v) is 8.58. The summed E-state index contributed by atoms with van der Waals surface area (Å²) in [6.07, 6.45) is 3.75. The van der Waals surface area contributed by atoms with Gasteiger partial charge in [-0.2, -0.15) is 0 Å². The molecule has 2 heterocycles. The molecule has 0 fully saturated rings. The molecule has 0 aliphatic rings. The first-order valence-electron chi connectivity index (χ1n) is 10.9. The van der Waals surface area contributed by atoms with Gasteiger partial charge in [0.25, 0.3) is 0 Å². The third-order valence-corrected chi connectivity index (χ3v) is 6.18. The van der Waals surface area contributed by atoms with Gasteiger partial charge in [-0.25, -0.2) is 14.4 Å². The van der Waals surface area contributed by atoms with Gasteiger partial charge in [-0.15, -0.1) is 0 Å².